The van der Waals surface area contributed by atoms with Gasteiger partial charge in [0.05, 0.1) is 10.0 Å². The second kappa shape index (κ2) is 5.63. The quantitative estimate of drug-likeness (QED) is 0.830. The minimum absolute atomic E-state index is 0.0812. The lowest BCUT2D eigenvalue weighted by atomic mass is 10.1. The molecule has 0 atom stereocenters. The number of carbonyl (C=O) groups is 1. The first kappa shape index (κ1) is 14.2. The third kappa shape index (κ3) is 3.06. The van der Waals surface area contributed by atoms with Crippen molar-refractivity contribution in [2.24, 2.45) is 0 Å². The molecule has 0 saturated carbocycles. The van der Waals surface area contributed by atoms with Gasteiger partial charge in [0.25, 0.3) is 5.91 Å². The number of hydrogen-bond acceptors (Lipinski definition) is 1. The van der Waals surface area contributed by atoms with E-state index in [0.717, 1.165) is 0 Å². The maximum atomic E-state index is 13.4. The predicted octanol–water partition coefficient (Wildman–Crippen LogP) is 3.85. The fourth-order valence-electron chi connectivity index (χ4n) is 1.87. The molecular weight excluding hydrogens is 285 g/mol. The zero-order chi connectivity index (χ0) is 13.2. The molecule has 1 amide bonds. The summed E-state index contributed by atoms with van der Waals surface area (Å²) < 4.78 is 13.6. The van der Waals surface area contributed by atoms with E-state index < -0.39 is 5.82 Å². The van der Waals surface area contributed by atoms with E-state index in [4.69, 9.17) is 0 Å². The Bertz CT molecular complexity index is 410. The SMILES string of the molecule is CC(C)N(C(=O)c1cccc(F)c1Br)C(C)C. The molecule has 17 heavy (non-hydrogen) atoms. The standard InChI is InChI=1S/C13H17BrFNO/c1-8(2)16(9(3)4)13(17)10-6-5-7-11(15)12(10)14/h5-9H,1-4H3. The number of amides is 1. The van der Waals surface area contributed by atoms with Gasteiger partial charge in [-0.15, -0.1) is 0 Å². The number of halogens is 2. The van der Waals surface area contributed by atoms with Crippen molar-refractivity contribution in [3.63, 3.8) is 0 Å². The largest absolute Gasteiger partial charge is 0.334 e. The molecule has 4 heteroatoms. The van der Waals surface area contributed by atoms with Crippen molar-refractivity contribution >= 4 is 21.8 Å². The van der Waals surface area contributed by atoms with E-state index in [1.165, 1.54) is 6.07 Å². The second-order valence-corrected chi connectivity index (χ2v) is 5.29. The number of carbonyl (C=O) groups excluding carboxylic acids is 1. The van der Waals surface area contributed by atoms with E-state index >= 15 is 0 Å². The maximum absolute atomic E-state index is 13.4. The minimum atomic E-state index is -0.414. The molecule has 0 fully saturated rings. The summed E-state index contributed by atoms with van der Waals surface area (Å²) in [6.45, 7) is 7.80. The van der Waals surface area contributed by atoms with Gasteiger partial charge in [-0.25, -0.2) is 4.39 Å². The fraction of sp³-hybridized carbons (Fsp3) is 0.462. The summed E-state index contributed by atoms with van der Waals surface area (Å²) in [5.74, 6) is -0.565. The van der Waals surface area contributed by atoms with Gasteiger partial charge in [-0.1, -0.05) is 6.07 Å². The van der Waals surface area contributed by atoms with Gasteiger partial charge < -0.3 is 4.90 Å². The summed E-state index contributed by atoms with van der Waals surface area (Å²) in [6, 6.07) is 4.67. The Balaban J connectivity index is 3.15. The highest BCUT2D eigenvalue weighted by Crippen LogP contribution is 2.23. The van der Waals surface area contributed by atoms with Gasteiger partial charge in [0.1, 0.15) is 5.82 Å². The zero-order valence-electron chi connectivity index (χ0n) is 10.5. The second-order valence-electron chi connectivity index (χ2n) is 4.50. The number of benzene rings is 1. The Kier molecular flexibility index (Phi) is 4.69. The molecular formula is C13H17BrFNO. The average molecular weight is 302 g/mol. The van der Waals surface area contributed by atoms with Crippen molar-refractivity contribution in [1.82, 2.24) is 4.90 Å². The van der Waals surface area contributed by atoms with Crippen LogP contribution in [0.4, 0.5) is 4.39 Å². The van der Waals surface area contributed by atoms with Crippen LogP contribution in [0.2, 0.25) is 0 Å². The molecule has 1 aromatic rings. The van der Waals surface area contributed by atoms with Gasteiger partial charge in [-0.3, -0.25) is 4.79 Å². The summed E-state index contributed by atoms with van der Waals surface area (Å²) in [5.41, 5.74) is 0.368. The number of nitrogens with zero attached hydrogens (tertiary/aromatic N) is 1. The van der Waals surface area contributed by atoms with Gasteiger partial charge >= 0.3 is 0 Å². The van der Waals surface area contributed by atoms with Crippen molar-refractivity contribution in [1.29, 1.82) is 0 Å². The summed E-state index contributed by atoms with van der Waals surface area (Å²) in [5, 5.41) is 0. The van der Waals surface area contributed by atoms with Crippen LogP contribution in [-0.2, 0) is 0 Å². The normalized spacial score (nSPS) is 11.1. The Morgan fingerprint density at radius 2 is 1.76 bits per heavy atom. The average Bonchev–Trinajstić information content (AvgIpc) is 2.20. The number of rotatable bonds is 3. The monoisotopic (exact) mass is 301 g/mol. The molecule has 0 unspecified atom stereocenters. The van der Waals surface area contributed by atoms with Crippen molar-refractivity contribution in [2.75, 3.05) is 0 Å². The first-order chi connectivity index (χ1) is 7.86. The van der Waals surface area contributed by atoms with Crippen LogP contribution in [0.5, 0.6) is 0 Å². The zero-order valence-corrected chi connectivity index (χ0v) is 12.1. The summed E-state index contributed by atoms with van der Waals surface area (Å²) >= 11 is 3.12. The lowest BCUT2D eigenvalue weighted by Gasteiger charge is -2.31. The molecule has 0 aliphatic rings. The molecule has 0 spiro atoms. The topological polar surface area (TPSA) is 20.3 Å². The van der Waals surface area contributed by atoms with E-state index in [9.17, 15) is 9.18 Å². The molecule has 0 saturated heterocycles. The molecule has 0 radical (unpaired) electrons. The van der Waals surface area contributed by atoms with Crippen molar-refractivity contribution < 1.29 is 9.18 Å². The van der Waals surface area contributed by atoms with Gasteiger partial charge in [-0.2, -0.15) is 0 Å². The van der Waals surface area contributed by atoms with Gasteiger partial charge in [0.15, 0.2) is 0 Å². The van der Waals surface area contributed by atoms with Crippen molar-refractivity contribution in [2.45, 2.75) is 39.8 Å². The highest BCUT2D eigenvalue weighted by Gasteiger charge is 2.24. The third-order valence-corrected chi connectivity index (χ3v) is 3.34. The lowest BCUT2D eigenvalue weighted by Crippen LogP contribution is -2.42. The molecule has 0 bridgehead atoms. The highest BCUT2D eigenvalue weighted by molar-refractivity contribution is 9.10. The third-order valence-electron chi connectivity index (χ3n) is 2.53. The van der Waals surface area contributed by atoms with Crippen LogP contribution in [0.1, 0.15) is 38.1 Å². The number of hydrogen-bond donors (Lipinski definition) is 0. The van der Waals surface area contributed by atoms with E-state index in [0.29, 0.717) is 5.56 Å². The van der Waals surface area contributed by atoms with Crippen LogP contribution in [0.3, 0.4) is 0 Å². The highest BCUT2D eigenvalue weighted by atomic mass is 79.9. The molecule has 2 nitrogen and oxygen atoms in total. The van der Waals surface area contributed by atoms with Crippen LogP contribution in [0.15, 0.2) is 22.7 Å². The maximum Gasteiger partial charge on any atom is 0.255 e. The van der Waals surface area contributed by atoms with Crippen molar-refractivity contribution in [3.8, 4) is 0 Å². The molecule has 0 aliphatic heterocycles. The van der Waals surface area contributed by atoms with E-state index in [1.807, 2.05) is 27.7 Å². The predicted molar refractivity (Wildman–Crippen MR) is 70.5 cm³/mol. The van der Waals surface area contributed by atoms with Crippen LogP contribution in [0, 0.1) is 5.82 Å². The fourth-order valence-corrected chi connectivity index (χ4v) is 2.31. The molecule has 0 aliphatic carbocycles. The molecule has 0 N–H and O–H groups in total. The summed E-state index contributed by atoms with van der Waals surface area (Å²) in [6.07, 6.45) is 0. The molecule has 94 valence electrons. The first-order valence-corrected chi connectivity index (χ1v) is 6.42. The van der Waals surface area contributed by atoms with Crippen LogP contribution >= 0.6 is 15.9 Å². The Labute approximate surface area is 110 Å². The summed E-state index contributed by atoms with van der Waals surface area (Å²) in [7, 11) is 0. The van der Waals surface area contributed by atoms with Crippen molar-refractivity contribution in [3.05, 3.63) is 34.1 Å². The van der Waals surface area contributed by atoms with Gasteiger partial charge in [0, 0.05) is 12.1 Å². The Morgan fingerprint density at radius 3 is 2.24 bits per heavy atom. The van der Waals surface area contributed by atoms with E-state index in [2.05, 4.69) is 15.9 Å². The van der Waals surface area contributed by atoms with E-state index in [1.54, 1.807) is 17.0 Å². The van der Waals surface area contributed by atoms with Crippen LogP contribution in [-0.4, -0.2) is 22.9 Å². The molecule has 0 heterocycles. The molecule has 0 aromatic heterocycles. The Hall–Kier alpha value is -0.900. The minimum Gasteiger partial charge on any atom is -0.334 e. The lowest BCUT2D eigenvalue weighted by molar-refractivity contribution is 0.0642. The first-order valence-electron chi connectivity index (χ1n) is 5.63. The van der Waals surface area contributed by atoms with E-state index in [-0.39, 0.29) is 22.5 Å². The summed E-state index contributed by atoms with van der Waals surface area (Å²) in [4.78, 5) is 14.1. The van der Waals surface area contributed by atoms with Crippen LogP contribution < -0.4 is 0 Å². The van der Waals surface area contributed by atoms with Crippen LogP contribution in [0.25, 0.3) is 0 Å². The molecule has 1 aromatic carbocycles. The molecule has 1 rings (SSSR count). The smallest absolute Gasteiger partial charge is 0.255 e. The Morgan fingerprint density at radius 1 is 1.24 bits per heavy atom. The van der Waals surface area contributed by atoms with Gasteiger partial charge in [-0.05, 0) is 55.8 Å². The van der Waals surface area contributed by atoms with Gasteiger partial charge in [0.2, 0.25) is 0 Å².